The normalized spacial score (nSPS) is 14.4. The van der Waals surface area contributed by atoms with Crippen molar-refractivity contribution in [3.8, 4) is 5.75 Å². The van der Waals surface area contributed by atoms with Gasteiger partial charge < -0.3 is 10.1 Å². The monoisotopic (exact) mass is 494 g/mol. The highest BCUT2D eigenvalue weighted by Crippen LogP contribution is 2.32. The minimum absolute atomic E-state index is 0.263. The molecule has 0 aliphatic carbocycles. The average Bonchev–Trinajstić information content (AvgIpc) is 3.15. The first-order valence-electron chi connectivity index (χ1n) is 11.4. The molecule has 178 valence electrons. The van der Waals surface area contributed by atoms with Gasteiger partial charge in [0.2, 0.25) is 5.91 Å². The van der Waals surface area contributed by atoms with Crippen LogP contribution in [0.4, 0.5) is 10.5 Å². The number of thioether (sulfide) groups is 1. The van der Waals surface area contributed by atoms with Gasteiger partial charge in [-0.25, -0.2) is 0 Å². The molecule has 4 aromatic rings. The van der Waals surface area contributed by atoms with E-state index in [1.54, 1.807) is 30.3 Å². The van der Waals surface area contributed by atoms with Gasteiger partial charge in [-0.15, -0.1) is 0 Å². The number of anilines is 1. The Bertz CT molecular complexity index is 1480. The fraction of sp³-hybridized carbons (Fsp3) is 0.0690. The summed E-state index contributed by atoms with van der Waals surface area (Å²) in [6, 6.07) is 30.5. The zero-order chi connectivity index (χ0) is 24.9. The highest BCUT2D eigenvalue weighted by atomic mass is 32.2. The standard InChI is InChI=1S/C29H22N2O4S/c32-27(30-23-12-2-1-3-13-23)18-31-28(33)26(36-29(31)34)17-20-8-6-14-24(16-20)35-19-22-11-7-10-21-9-4-5-15-25(21)22/h1-17H,18-19H2,(H,30,32)/b26-17+. The number of benzene rings is 4. The van der Waals surface area contributed by atoms with E-state index in [0.717, 1.165) is 38.6 Å². The molecule has 0 radical (unpaired) electrons. The fourth-order valence-electron chi connectivity index (χ4n) is 3.93. The Balaban J connectivity index is 1.25. The highest BCUT2D eigenvalue weighted by Gasteiger charge is 2.36. The van der Waals surface area contributed by atoms with Crippen molar-refractivity contribution in [1.29, 1.82) is 0 Å². The highest BCUT2D eigenvalue weighted by molar-refractivity contribution is 8.18. The molecule has 0 bridgehead atoms. The zero-order valence-corrected chi connectivity index (χ0v) is 20.0. The lowest BCUT2D eigenvalue weighted by atomic mass is 10.1. The number of ether oxygens (including phenoxy) is 1. The molecule has 0 atom stereocenters. The molecule has 4 aromatic carbocycles. The first-order valence-corrected chi connectivity index (χ1v) is 12.2. The van der Waals surface area contributed by atoms with Crippen LogP contribution in [0.3, 0.4) is 0 Å². The van der Waals surface area contributed by atoms with Gasteiger partial charge in [0, 0.05) is 5.69 Å². The molecule has 36 heavy (non-hydrogen) atoms. The summed E-state index contributed by atoms with van der Waals surface area (Å²) < 4.78 is 6.03. The topological polar surface area (TPSA) is 75.7 Å². The molecular formula is C29H22N2O4S. The van der Waals surface area contributed by atoms with Crippen molar-refractivity contribution >= 4 is 51.4 Å². The maximum Gasteiger partial charge on any atom is 0.294 e. The largest absolute Gasteiger partial charge is 0.489 e. The molecule has 1 aliphatic heterocycles. The van der Waals surface area contributed by atoms with Crippen molar-refractivity contribution in [1.82, 2.24) is 4.90 Å². The van der Waals surface area contributed by atoms with Crippen molar-refractivity contribution in [2.24, 2.45) is 0 Å². The van der Waals surface area contributed by atoms with Crippen LogP contribution < -0.4 is 10.1 Å². The van der Waals surface area contributed by atoms with Crippen molar-refractivity contribution < 1.29 is 19.1 Å². The predicted molar refractivity (Wildman–Crippen MR) is 142 cm³/mol. The van der Waals surface area contributed by atoms with Crippen LogP contribution in [0.25, 0.3) is 16.8 Å². The van der Waals surface area contributed by atoms with Crippen LogP contribution in [0.1, 0.15) is 11.1 Å². The number of amides is 3. The van der Waals surface area contributed by atoms with Gasteiger partial charge in [0.15, 0.2) is 0 Å². The number of fused-ring (bicyclic) bond motifs is 1. The lowest BCUT2D eigenvalue weighted by molar-refractivity contribution is -0.127. The van der Waals surface area contributed by atoms with Gasteiger partial charge in [-0.1, -0.05) is 72.8 Å². The van der Waals surface area contributed by atoms with Gasteiger partial charge in [-0.05, 0) is 64.0 Å². The average molecular weight is 495 g/mol. The Morgan fingerprint density at radius 3 is 2.50 bits per heavy atom. The summed E-state index contributed by atoms with van der Waals surface area (Å²) in [7, 11) is 0. The van der Waals surface area contributed by atoms with Crippen LogP contribution in [0.5, 0.6) is 5.75 Å². The summed E-state index contributed by atoms with van der Waals surface area (Å²) in [6.45, 7) is 0.0585. The summed E-state index contributed by atoms with van der Waals surface area (Å²) in [6.07, 6.45) is 1.64. The maximum absolute atomic E-state index is 12.8. The molecule has 0 aromatic heterocycles. The number of nitrogens with zero attached hydrogens (tertiary/aromatic N) is 1. The number of hydrogen-bond donors (Lipinski definition) is 1. The smallest absolute Gasteiger partial charge is 0.294 e. The lowest BCUT2D eigenvalue weighted by Crippen LogP contribution is -2.36. The third kappa shape index (κ3) is 5.31. The molecule has 1 N–H and O–H groups in total. The van der Waals surface area contributed by atoms with Gasteiger partial charge in [0.1, 0.15) is 18.9 Å². The van der Waals surface area contributed by atoms with Crippen LogP contribution >= 0.6 is 11.8 Å². The lowest BCUT2D eigenvalue weighted by Gasteiger charge is -2.12. The molecule has 5 rings (SSSR count). The van der Waals surface area contributed by atoms with Gasteiger partial charge >= 0.3 is 0 Å². The van der Waals surface area contributed by atoms with E-state index in [-0.39, 0.29) is 11.4 Å². The van der Waals surface area contributed by atoms with Gasteiger partial charge in [-0.3, -0.25) is 19.3 Å². The van der Waals surface area contributed by atoms with E-state index < -0.39 is 17.1 Å². The van der Waals surface area contributed by atoms with E-state index >= 15 is 0 Å². The Morgan fingerprint density at radius 1 is 0.889 bits per heavy atom. The molecule has 6 nitrogen and oxygen atoms in total. The third-order valence-electron chi connectivity index (χ3n) is 5.66. The first kappa shape index (κ1) is 23.4. The molecule has 1 saturated heterocycles. The summed E-state index contributed by atoms with van der Waals surface area (Å²) in [4.78, 5) is 38.8. The minimum Gasteiger partial charge on any atom is -0.489 e. The Hall–Kier alpha value is -4.36. The Morgan fingerprint density at radius 2 is 1.64 bits per heavy atom. The molecule has 1 aliphatic rings. The molecular weight excluding hydrogens is 472 g/mol. The quantitative estimate of drug-likeness (QED) is 0.315. The van der Waals surface area contributed by atoms with Crippen molar-refractivity contribution in [2.75, 3.05) is 11.9 Å². The van der Waals surface area contributed by atoms with Crippen molar-refractivity contribution in [3.63, 3.8) is 0 Å². The van der Waals surface area contributed by atoms with Crippen LogP contribution in [0.15, 0.2) is 102 Å². The minimum atomic E-state index is -0.490. The van der Waals surface area contributed by atoms with Crippen LogP contribution in [-0.2, 0) is 16.2 Å². The fourth-order valence-corrected chi connectivity index (χ4v) is 4.77. The zero-order valence-electron chi connectivity index (χ0n) is 19.2. The molecule has 1 heterocycles. The molecule has 1 fully saturated rings. The molecule has 0 spiro atoms. The number of carbonyl (C=O) groups is 3. The van der Waals surface area contributed by atoms with Gasteiger partial charge in [0.05, 0.1) is 4.91 Å². The van der Waals surface area contributed by atoms with E-state index in [0.29, 0.717) is 18.0 Å². The number of para-hydroxylation sites is 1. The van der Waals surface area contributed by atoms with E-state index in [9.17, 15) is 14.4 Å². The number of hydrogen-bond acceptors (Lipinski definition) is 5. The second kappa shape index (κ2) is 10.5. The predicted octanol–water partition coefficient (Wildman–Crippen LogP) is 6.09. The Labute approximate surface area is 212 Å². The first-order chi connectivity index (χ1) is 17.6. The Kier molecular flexibility index (Phi) is 6.82. The van der Waals surface area contributed by atoms with Crippen molar-refractivity contribution in [3.05, 3.63) is 113 Å². The number of rotatable bonds is 7. The number of carbonyl (C=O) groups excluding carboxylic acids is 3. The third-order valence-corrected chi connectivity index (χ3v) is 6.57. The van der Waals surface area contributed by atoms with Crippen LogP contribution in [-0.4, -0.2) is 28.5 Å². The SMILES string of the molecule is O=C(CN1C(=O)S/C(=C/c2cccc(OCc3cccc4ccccc34)c2)C1=O)Nc1ccccc1. The summed E-state index contributed by atoms with van der Waals surface area (Å²) >= 11 is 0.820. The van der Waals surface area contributed by atoms with Crippen molar-refractivity contribution in [2.45, 2.75) is 6.61 Å². The van der Waals surface area contributed by atoms with Gasteiger partial charge in [-0.2, -0.15) is 0 Å². The number of nitrogens with one attached hydrogen (secondary N) is 1. The van der Waals surface area contributed by atoms with E-state index in [1.165, 1.54) is 0 Å². The molecule has 0 saturated carbocycles. The molecule has 7 heteroatoms. The molecule has 0 unspecified atom stereocenters. The summed E-state index contributed by atoms with van der Waals surface area (Å²) in [5.74, 6) is -0.276. The summed E-state index contributed by atoms with van der Waals surface area (Å²) in [5.41, 5.74) is 2.41. The second-order valence-corrected chi connectivity index (χ2v) is 9.17. The van der Waals surface area contributed by atoms with E-state index in [2.05, 4.69) is 23.5 Å². The van der Waals surface area contributed by atoms with Crippen LogP contribution in [0.2, 0.25) is 0 Å². The van der Waals surface area contributed by atoms with Gasteiger partial charge in [0.25, 0.3) is 11.1 Å². The maximum atomic E-state index is 12.8. The van der Waals surface area contributed by atoms with Crippen LogP contribution in [0, 0.1) is 0 Å². The van der Waals surface area contributed by atoms with E-state index in [4.69, 9.17) is 4.74 Å². The second-order valence-electron chi connectivity index (χ2n) is 8.18. The summed E-state index contributed by atoms with van der Waals surface area (Å²) in [5, 5.41) is 4.51. The molecule has 3 amide bonds. The van der Waals surface area contributed by atoms with E-state index in [1.807, 2.05) is 54.6 Å². The number of imide groups is 1.